The minimum absolute atomic E-state index is 0.0596. The van der Waals surface area contributed by atoms with Gasteiger partial charge < -0.3 is 14.5 Å². The Bertz CT molecular complexity index is 1130. The topological polar surface area (TPSA) is 62.7 Å². The Morgan fingerprint density at radius 2 is 1.82 bits per heavy atom. The Labute approximate surface area is 194 Å². The molecule has 4 rings (SSSR count). The zero-order valence-corrected chi connectivity index (χ0v) is 18.7. The second-order valence-corrected chi connectivity index (χ2v) is 7.96. The summed E-state index contributed by atoms with van der Waals surface area (Å²) in [6.45, 7) is 5.19. The number of carbonyl (C=O) groups excluding carboxylic acids is 2. The highest BCUT2D eigenvalue weighted by Gasteiger charge is 2.37. The Balaban J connectivity index is 1.59. The molecule has 3 aromatic rings. The SMILES string of the molecule is C=CCN1CCN(C(=O)c2cccc(OC)c2)C(Cc2ccc(-c3ccncc3)cc2)C1=O. The molecule has 33 heavy (non-hydrogen) atoms. The average molecular weight is 442 g/mol. The number of hydrogen-bond donors (Lipinski definition) is 0. The number of carbonyl (C=O) groups is 2. The van der Waals surface area contributed by atoms with Crippen LogP contribution in [0.2, 0.25) is 0 Å². The first-order valence-electron chi connectivity index (χ1n) is 10.9. The number of pyridine rings is 1. The van der Waals surface area contributed by atoms with E-state index in [1.54, 1.807) is 59.6 Å². The van der Waals surface area contributed by atoms with Crippen molar-refractivity contribution in [3.63, 3.8) is 0 Å². The molecular formula is C27H27N3O3. The molecule has 0 spiro atoms. The van der Waals surface area contributed by atoms with Crippen molar-refractivity contribution in [3.05, 3.63) is 96.8 Å². The minimum Gasteiger partial charge on any atom is -0.497 e. The van der Waals surface area contributed by atoms with E-state index in [0.29, 0.717) is 37.4 Å². The van der Waals surface area contributed by atoms with Crippen molar-refractivity contribution in [1.82, 2.24) is 14.8 Å². The third-order valence-corrected chi connectivity index (χ3v) is 5.91. The van der Waals surface area contributed by atoms with Crippen molar-refractivity contribution in [2.75, 3.05) is 26.7 Å². The molecule has 2 amide bonds. The van der Waals surface area contributed by atoms with E-state index in [1.165, 1.54) is 0 Å². The fourth-order valence-corrected chi connectivity index (χ4v) is 4.14. The highest BCUT2D eigenvalue weighted by Crippen LogP contribution is 2.23. The van der Waals surface area contributed by atoms with Crippen molar-refractivity contribution in [2.45, 2.75) is 12.5 Å². The summed E-state index contributed by atoms with van der Waals surface area (Å²) in [7, 11) is 1.57. The lowest BCUT2D eigenvalue weighted by atomic mass is 9.97. The van der Waals surface area contributed by atoms with Crippen LogP contribution in [-0.4, -0.2) is 59.4 Å². The average Bonchev–Trinajstić information content (AvgIpc) is 2.87. The summed E-state index contributed by atoms with van der Waals surface area (Å²) >= 11 is 0. The maximum atomic E-state index is 13.4. The van der Waals surface area contributed by atoms with Crippen LogP contribution in [-0.2, 0) is 11.2 Å². The Morgan fingerprint density at radius 1 is 1.09 bits per heavy atom. The van der Waals surface area contributed by atoms with Crippen LogP contribution in [0.1, 0.15) is 15.9 Å². The molecule has 0 saturated carbocycles. The second kappa shape index (κ2) is 10.1. The van der Waals surface area contributed by atoms with E-state index in [1.807, 2.05) is 36.4 Å². The third-order valence-electron chi connectivity index (χ3n) is 5.91. The first-order chi connectivity index (χ1) is 16.1. The monoisotopic (exact) mass is 441 g/mol. The molecule has 1 aliphatic rings. The highest BCUT2D eigenvalue weighted by molar-refractivity contribution is 5.98. The summed E-state index contributed by atoms with van der Waals surface area (Å²) in [5, 5.41) is 0. The quantitative estimate of drug-likeness (QED) is 0.523. The van der Waals surface area contributed by atoms with E-state index < -0.39 is 6.04 Å². The van der Waals surface area contributed by atoms with Gasteiger partial charge in [0.15, 0.2) is 0 Å². The number of nitrogens with zero attached hydrogens (tertiary/aromatic N) is 3. The van der Waals surface area contributed by atoms with Crippen molar-refractivity contribution in [2.24, 2.45) is 0 Å². The number of benzene rings is 2. The van der Waals surface area contributed by atoms with E-state index >= 15 is 0 Å². The predicted molar refractivity (Wildman–Crippen MR) is 128 cm³/mol. The van der Waals surface area contributed by atoms with E-state index in [9.17, 15) is 9.59 Å². The number of amides is 2. The maximum absolute atomic E-state index is 13.4. The van der Waals surface area contributed by atoms with Gasteiger partial charge in [-0.3, -0.25) is 14.6 Å². The molecule has 0 radical (unpaired) electrons. The molecule has 0 aliphatic carbocycles. The Morgan fingerprint density at radius 3 is 2.52 bits per heavy atom. The number of methoxy groups -OCH3 is 1. The van der Waals surface area contributed by atoms with Crippen LogP contribution in [0.4, 0.5) is 0 Å². The second-order valence-electron chi connectivity index (χ2n) is 7.96. The highest BCUT2D eigenvalue weighted by atomic mass is 16.5. The minimum atomic E-state index is -0.579. The van der Waals surface area contributed by atoms with Gasteiger partial charge in [-0.2, -0.15) is 0 Å². The van der Waals surface area contributed by atoms with Crippen LogP contribution < -0.4 is 4.74 Å². The Kier molecular flexibility index (Phi) is 6.83. The van der Waals surface area contributed by atoms with Crippen molar-refractivity contribution < 1.29 is 14.3 Å². The van der Waals surface area contributed by atoms with Gasteiger partial charge >= 0.3 is 0 Å². The number of piperazine rings is 1. The molecule has 0 bridgehead atoms. The van der Waals surface area contributed by atoms with Gasteiger partial charge in [0.1, 0.15) is 11.8 Å². The molecule has 1 unspecified atom stereocenters. The maximum Gasteiger partial charge on any atom is 0.254 e. The molecule has 168 valence electrons. The first kappa shape index (κ1) is 22.3. The largest absolute Gasteiger partial charge is 0.497 e. The summed E-state index contributed by atoms with van der Waals surface area (Å²) in [5.41, 5.74) is 3.67. The van der Waals surface area contributed by atoms with Gasteiger partial charge in [-0.1, -0.05) is 36.4 Å². The van der Waals surface area contributed by atoms with Crippen LogP contribution in [0, 0.1) is 0 Å². The molecule has 1 aromatic heterocycles. The first-order valence-corrected chi connectivity index (χ1v) is 10.9. The summed E-state index contributed by atoms with van der Waals surface area (Å²) < 4.78 is 5.27. The normalized spacial score (nSPS) is 15.9. The van der Waals surface area contributed by atoms with Crippen LogP contribution in [0.5, 0.6) is 5.75 Å². The van der Waals surface area contributed by atoms with E-state index in [4.69, 9.17) is 4.74 Å². The van der Waals surface area contributed by atoms with Crippen LogP contribution >= 0.6 is 0 Å². The predicted octanol–water partition coefficient (Wildman–Crippen LogP) is 3.84. The van der Waals surface area contributed by atoms with Crippen molar-refractivity contribution in [3.8, 4) is 16.9 Å². The lowest BCUT2D eigenvalue weighted by Gasteiger charge is -2.40. The molecule has 1 saturated heterocycles. The van der Waals surface area contributed by atoms with E-state index in [-0.39, 0.29) is 11.8 Å². The number of hydrogen-bond acceptors (Lipinski definition) is 4. The summed E-state index contributed by atoms with van der Waals surface area (Å²) in [6.07, 6.45) is 5.69. The van der Waals surface area contributed by atoms with Crippen molar-refractivity contribution >= 4 is 11.8 Å². The lowest BCUT2D eigenvalue weighted by Crippen LogP contribution is -2.59. The standard InChI is InChI=1S/C27H27N3O3/c1-3-15-29-16-17-30(26(31)23-5-4-6-24(19-23)33-2)25(27(29)32)18-20-7-9-21(10-8-20)22-11-13-28-14-12-22/h3-14,19,25H,1,15-18H2,2H3. The summed E-state index contributed by atoms with van der Waals surface area (Å²) in [5.74, 6) is 0.384. The van der Waals surface area contributed by atoms with Gasteiger partial charge in [0.25, 0.3) is 5.91 Å². The Hall–Kier alpha value is -3.93. The molecule has 1 fully saturated rings. The molecule has 6 heteroatoms. The van der Waals surface area contributed by atoms with Gasteiger partial charge in [-0.15, -0.1) is 6.58 Å². The van der Waals surface area contributed by atoms with Gasteiger partial charge in [0, 0.05) is 44.0 Å². The van der Waals surface area contributed by atoms with Crippen molar-refractivity contribution in [1.29, 1.82) is 0 Å². The number of aromatic nitrogens is 1. The zero-order chi connectivity index (χ0) is 23.2. The number of rotatable bonds is 7. The fraction of sp³-hybridized carbons (Fsp3) is 0.222. The zero-order valence-electron chi connectivity index (χ0n) is 18.7. The van der Waals surface area contributed by atoms with Crippen LogP contribution in [0.15, 0.2) is 85.7 Å². The van der Waals surface area contributed by atoms with Crippen LogP contribution in [0.3, 0.4) is 0 Å². The van der Waals surface area contributed by atoms with E-state index in [2.05, 4.69) is 11.6 Å². The third kappa shape index (κ3) is 4.95. The molecule has 2 heterocycles. The summed E-state index contributed by atoms with van der Waals surface area (Å²) in [6, 6.07) is 18.5. The summed E-state index contributed by atoms with van der Waals surface area (Å²) in [4.78, 5) is 34.2. The molecular weight excluding hydrogens is 414 g/mol. The van der Waals surface area contributed by atoms with Gasteiger partial charge in [-0.25, -0.2) is 0 Å². The van der Waals surface area contributed by atoms with Crippen LogP contribution in [0.25, 0.3) is 11.1 Å². The molecule has 6 nitrogen and oxygen atoms in total. The molecule has 0 N–H and O–H groups in total. The van der Waals surface area contributed by atoms with E-state index in [0.717, 1.165) is 16.7 Å². The smallest absolute Gasteiger partial charge is 0.254 e. The fourth-order valence-electron chi connectivity index (χ4n) is 4.14. The molecule has 1 atom stereocenters. The number of ether oxygens (including phenoxy) is 1. The van der Waals surface area contributed by atoms with Gasteiger partial charge in [0.05, 0.1) is 7.11 Å². The lowest BCUT2D eigenvalue weighted by molar-refractivity contribution is -0.139. The van der Waals surface area contributed by atoms with Gasteiger partial charge in [0.2, 0.25) is 5.91 Å². The van der Waals surface area contributed by atoms with Gasteiger partial charge in [-0.05, 0) is 47.0 Å². The molecule has 2 aromatic carbocycles. The molecule has 1 aliphatic heterocycles.